The van der Waals surface area contributed by atoms with Crippen LogP contribution in [0.5, 0.6) is 0 Å². The number of carboxylic acids is 1. The molecule has 0 radical (unpaired) electrons. The molecule has 0 aromatic rings. The molecule has 4 heteroatoms. The van der Waals surface area contributed by atoms with Crippen molar-refractivity contribution >= 4 is 5.97 Å². The van der Waals surface area contributed by atoms with Crippen LogP contribution in [-0.4, -0.2) is 48.2 Å². The minimum atomic E-state index is -0.681. The quantitative estimate of drug-likeness (QED) is 0.690. The Hall–Kier alpha value is -0.610. The molecule has 0 saturated heterocycles. The van der Waals surface area contributed by atoms with Crippen molar-refractivity contribution in [3.8, 4) is 0 Å². The molecule has 0 aliphatic heterocycles. The Kier molecular flexibility index (Phi) is 4.54. The van der Waals surface area contributed by atoms with Gasteiger partial charge in [0, 0.05) is 13.1 Å². The van der Waals surface area contributed by atoms with Crippen molar-refractivity contribution in [3.63, 3.8) is 0 Å². The molecule has 1 aliphatic carbocycles. The predicted octanol–water partition coefficient (Wildman–Crippen LogP) is 0.925. The third kappa shape index (κ3) is 3.18. The summed E-state index contributed by atoms with van der Waals surface area (Å²) in [7, 11) is 2.05. The van der Waals surface area contributed by atoms with E-state index in [9.17, 15) is 9.90 Å². The van der Waals surface area contributed by atoms with Crippen LogP contribution < -0.4 is 5.32 Å². The maximum Gasteiger partial charge on any atom is 0.323 e. The first kappa shape index (κ1) is 12.5. The van der Waals surface area contributed by atoms with Crippen LogP contribution in [0.1, 0.15) is 32.6 Å². The minimum absolute atomic E-state index is 0.630. The fourth-order valence-corrected chi connectivity index (χ4v) is 2.09. The Labute approximate surface area is 91.6 Å². The average molecular weight is 214 g/mol. The summed E-state index contributed by atoms with van der Waals surface area (Å²) in [6, 6.07) is 0. The molecule has 0 unspecified atom stereocenters. The largest absolute Gasteiger partial charge is 0.480 e. The zero-order chi connectivity index (χ0) is 11.3. The first-order valence-corrected chi connectivity index (χ1v) is 5.78. The van der Waals surface area contributed by atoms with Crippen LogP contribution in [0.25, 0.3) is 0 Å². The van der Waals surface area contributed by atoms with E-state index in [4.69, 9.17) is 0 Å². The molecule has 1 saturated carbocycles. The van der Waals surface area contributed by atoms with E-state index in [1.165, 1.54) is 0 Å². The fraction of sp³-hybridized carbons (Fsp3) is 0.909. The van der Waals surface area contributed by atoms with E-state index in [-0.39, 0.29) is 0 Å². The summed E-state index contributed by atoms with van der Waals surface area (Å²) in [4.78, 5) is 13.4. The van der Waals surface area contributed by atoms with Crippen molar-refractivity contribution in [2.75, 3.05) is 26.7 Å². The Balaban J connectivity index is 2.36. The summed E-state index contributed by atoms with van der Waals surface area (Å²) in [5.41, 5.74) is -0.630. The van der Waals surface area contributed by atoms with E-state index in [2.05, 4.69) is 17.1 Å². The first-order chi connectivity index (χ1) is 7.10. The Morgan fingerprint density at radius 2 is 2.07 bits per heavy atom. The van der Waals surface area contributed by atoms with Gasteiger partial charge in [0.25, 0.3) is 0 Å². The second-order valence-corrected chi connectivity index (χ2v) is 4.42. The van der Waals surface area contributed by atoms with Crippen LogP contribution in [0.15, 0.2) is 0 Å². The number of rotatable bonds is 6. The fourth-order valence-electron chi connectivity index (χ4n) is 2.09. The van der Waals surface area contributed by atoms with Crippen molar-refractivity contribution in [3.05, 3.63) is 0 Å². The van der Waals surface area contributed by atoms with Crippen molar-refractivity contribution in [2.24, 2.45) is 0 Å². The van der Waals surface area contributed by atoms with Crippen LogP contribution in [0.2, 0.25) is 0 Å². The van der Waals surface area contributed by atoms with Crippen molar-refractivity contribution in [2.45, 2.75) is 38.1 Å². The number of nitrogens with one attached hydrogen (secondary N) is 1. The first-order valence-electron chi connectivity index (χ1n) is 5.78. The molecule has 0 spiro atoms. The SMILES string of the molecule is CCN(C)CCNC1(C(=O)O)CCCC1. The number of carbonyl (C=O) groups is 1. The van der Waals surface area contributed by atoms with Crippen LogP contribution in [0.3, 0.4) is 0 Å². The van der Waals surface area contributed by atoms with Crippen molar-refractivity contribution < 1.29 is 9.90 Å². The highest BCUT2D eigenvalue weighted by Crippen LogP contribution is 2.29. The van der Waals surface area contributed by atoms with Gasteiger partial charge in [-0.05, 0) is 26.4 Å². The topological polar surface area (TPSA) is 52.6 Å². The highest BCUT2D eigenvalue weighted by Gasteiger charge is 2.40. The average Bonchev–Trinajstić information content (AvgIpc) is 2.67. The summed E-state index contributed by atoms with van der Waals surface area (Å²) >= 11 is 0. The van der Waals surface area contributed by atoms with Gasteiger partial charge in [-0.15, -0.1) is 0 Å². The molecule has 0 atom stereocenters. The summed E-state index contributed by atoms with van der Waals surface area (Å²) in [6.45, 7) is 4.77. The minimum Gasteiger partial charge on any atom is -0.480 e. The molecule has 15 heavy (non-hydrogen) atoms. The standard InChI is InChI=1S/C11H22N2O2/c1-3-13(2)9-8-12-11(10(14)15)6-4-5-7-11/h12H,3-9H2,1-2H3,(H,14,15). The molecule has 2 N–H and O–H groups in total. The molecule has 1 fully saturated rings. The van der Waals surface area contributed by atoms with Gasteiger partial charge in [-0.1, -0.05) is 19.8 Å². The van der Waals surface area contributed by atoms with E-state index < -0.39 is 11.5 Å². The lowest BCUT2D eigenvalue weighted by atomic mass is 9.98. The second-order valence-electron chi connectivity index (χ2n) is 4.42. The van der Waals surface area contributed by atoms with Crippen LogP contribution in [-0.2, 0) is 4.79 Å². The number of hydrogen-bond acceptors (Lipinski definition) is 3. The lowest BCUT2D eigenvalue weighted by Crippen LogP contribution is -2.51. The molecule has 4 nitrogen and oxygen atoms in total. The van der Waals surface area contributed by atoms with E-state index in [1.54, 1.807) is 0 Å². The van der Waals surface area contributed by atoms with Gasteiger partial charge in [-0.2, -0.15) is 0 Å². The third-order valence-electron chi connectivity index (χ3n) is 3.36. The smallest absolute Gasteiger partial charge is 0.323 e. The number of carboxylic acid groups (broad SMARTS) is 1. The summed E-state index contributed by atoms with van der Waals surface area (Å²) in [6.07, 6.45) is 3.61. The molecular weight excluding hydrogens is 192 g/mol. The van der Waals surface area contributed by atoms with Gasteiger partial charge in [-0.3, -0.25) is 4.79 Å². The molecule has 0 bridgehead atoms. The molecule has 0 heterocycles. The maximum absolute atomic E-state index is 11.2. The van der Waals surface area contributed by atoms with Gasteiger partial charge >= 0.3 is 5.97 Å². The van der Waals surface area contributed by atoms with Crippen LogP contribution in [0.4, 0.5) is 0 Å². The Bertz CT molecular complexity index is 213. The van der Waals surface area contributed by atoms with E-state index in [0.29, 0.717) is 0 Å². The lowest BCUT2D eigenvalue weighted by Gasteiger charge is -2.26. The number of aliphatic carboxylic acids is 1. The van der Waals surface area contributed by atoms with Gasteiger partial charge in [0.2, 0.25) is 0 Å². The van der Waals surface area contributed by atoms with Gasteiger partial charge in [0.15, 0.2) is 0 Å². The van der Waals surface area contributed by atoms with E-state index >= 15 is 0 Å². The number of likely N-dealkylation sites (N-methyl/N-ethyl adjacent to an activating group) is 1. The highest BCUT2D eigenvalue weighted by molar-refractivity contribution is 5.79. The van der Waals surface area contributed by atoms with E-state index in [0.717, 1.165) is 45.3 Å². The van der Waals surface area contributed by atoms with Crippen molar-refractivity contribution in [1.29, 1.82) is 0 Å². The second kappa shape index (κ2) is 5.47. The highest BCUT2D eigenvalue weighted by atomic mass is 16.4. The lowest BCUT2D eigenvalue weighted by molar-refractivity contribution is -0.144. The Morgan fingerprint density at radius 3 is 2.53 bits per heavy atom. The van der Waals surface area contributed by atoms with Gasteiger partial charge in [0.1, 0.15) is 5.54 Å². The zero-order valence-electron chi connectivity index (χ0n) is 9.75. The number of nitrogens with zero attached hydrogens (tertiary/aromatic N) is 1. The zero-order valence-corrected chi connectivity index (χ0v) is 9.75. The summed E-state index contributed by atoms with van der Waals surface area (Å²) in [5.74, 6) is -0.681. The Morgan fingerprint density at radius 1 is 1.47 bits per heavy atom. The molecule has 0 amide bonds. The predicted molar refractivity (Wildman–Crippen MR) is 60.0 cm³/mol. The van der Waals surface area contributed by atoms with E-state index in [1.807, 2.05) is 7.05 Å². The van der Waals surface area contributed by atoms with Gasteiger partial charge in [0.05, 0.1) is 0 Å². The molecule has 0 aromatic heterocycles. The van der Waals surface area contributed by atoms with Crippen LogP contribution >= 0.6 is 0 Å². The van der Waals surface area contributed by atoms with Gasteiger partial charge in [-0.25, -0.2) is 0 Å². The normalized spacial score (nSPS) is 19.7. The molecule has 88 valence electrons. The van der Waals surface area contributed by atoms with Crippen molar-refractivity contribution in [1.82, 2.24) is 10.2 Å². The molecule has 1 aliphatic rings. The monoisotopic (exact) mass is 214 g/mol. The molecule has 1 rings (SSSR count). The molecular formula is C11H22N2O2. The maximum atomic E-state index is 11.2. The van der Waals surface area contributed by atoms with Gasteiger partial charge < -0.3 is 15.3 Å². The van der Waals surface area contributed by atoms with Crippen LogP contribution in [0, 0.1) is 0 Å². The third-order valence-corrected chi connectivity index (χ3v) is 3.36. The number of hydrogen-bond donors (Lipinski definition) is 2. The molecule has 0 aromatic carbocycles. The summed E-state index contributed by atoms with van der Waals surface area (Å²) in [5, 5.41) is 12.4. The summed E-state index contributed by atoms with van der Waals surface area (Å²) < 4.78 is 0.